The summed E-state index contributed by atoms with van der Waals surface area (Å²) in [6, 6.07) is 16.3. The van der Waals surface area contributed by atoms with Crippen LogP contribution in [0.3, 0.4) is 0 Å². The first-order valence-electron chi connectivity index (χ1n) is 6.36. The Hall–Kier alpha value is -1.48. The van der Waals surface area contributed by atoms with E-state index in [1.165, 1.54) is 11.1 Å². The quantitative estimate of drug-likeness (QED) is 0.789. The monoisotopic (exact) mass is 318 g/mol. The molecule has 0 fully saturated rings. The number of hydrogen-bond acceptors (Lipinski definition) is 2. The number of para-hydroxylation sites is 1. The van der Waals surface area contributed by atoms with Crippen molar-refractivity contribution in [3.05, 3.63) is 59.7 Å². The molecule has 1 heterocycles. The maximum Gasteiger partial charge on any atom is 0.123 e. The minimum atomic E-state index is 0.323. The van der Waals surface area contributed by atoms with Crippen LogP contribution in [-0.2, 0) is 5.33 Å². The van der Waals surface area contributed by atoms with Crippen LogP contribution in [0.25, 0.3) is 0 Å². The molecule has 0 saturated heterocycles. The highest BCUT2D eigenvalue weighted by atomic mass is 79.9. The SMILES string of the molecule is BrCc1cccc(OCC2COc3ccccc32)c1. The highest BCUT2D eigenvalue weighted by molar-refractivity contribution is 9.08. The first-order chi connectivity index (χ1) is 9.36. The van der Waals surface area contributed by atoms with Gasteiger partial charge in [-0.15, -0.1) is 0 Å². The molecule has 2 nitrogen and oxygen atoms in total. The third-order valence-corrected chi connectivity index (χ3v) is 3.95. The summed E-state index contributed by atoms with van der Waals surface area (Å²) in [6.07, 6.45) is 0. The number of fused-ring (bicyclic) bond motifs is 1. The number of benzene rings is 2. The molecule has 3 rings (SSSR count). The molecule has 0 radical (unpaired) electrons. The molecule has 19 heavy (non-hydrogen) atoms. The minimum absolute atomic E-state index is 0.323. The fraction of sp³-hybridized carbons (Fsp3) is 0.250. The van der Waals surface area contributed by atoms with Crippen molar-refractivity contribution in [3.8, 4) is 11.5 Å². The largest absolute Gasteiger partial charge is 0.493 e. The lowest BCUT2D eigenvalue weighted by Gasteiger charge is -2.11. The molecule has 1 aliphatic heterocycles. The Kier molecular flexibility index (Phi) is 3.74. The van der Waals surface area contributed by atoms with Gasteiger partial charge in [-0.05, 0) is 23.8 Å². The third-order valence-electron chi connectivity index (χ3n) is 3.30. The van der Waals surface area contributed by atoms with E-state index in [2.05, 4.69) is 34.1 Å². The number of rotatable bonds is 4. The van der Waals surface area contributed by atoms with Crippen LogP contribution < -0.4 is 9.47 Å². The van der Waals surface area contributed by atoms with Crippen molar-refractivity contribution in [1.82, 2.24) is 0 Å². The Bertz CT molecular complexity index is 568. The van der Waals surface area contributed by atoms with Gasteiger partial charge in [-0.25, -0.2) is 0 Å². The summed E-state index contributed by atoms with van der Waals surface area (Å²) in [5, 5.41) is 0.847. The summed E-state index contributed by atoms with van der Waals surface area (Å²) < 4.78 is 11.5. The summed E-state index contributed by atoms with van der Waals surface area (Å²) in [4.78, 5) is 0. The smallest absolute Gasteiger partial charge is 0.123 e. The molecule has 0 saturated carbocycles. The number of halogens is 1. The zero-order chi connectivity index (χ0) is 13.1. The summed E-state index contributed by atoms with van der Waals surface area (Å²) in [5.41, 5.74) is 2.47. The lowest BCUT2D eigenvalue weighted by atomic mass is 10.0. The Morgan fingerprint density at radius 1 is 1.16 bits per heavy atom. The Morgan fingerprint density at radius 2 is 2.05 bits per heavy atom. The highest BCUT2D eigenvalue weighted by Gasteiger charge is 2.24. The first kappa shape index (κ1) is 12.5. The highest BCUT2D eigenvalue weighted by Crippen LogP contribution is 2.33. The van der Waals surface area contributed by atoms with Gasteiger partial charge in [-0.3, -0.25) is 0 Å². The van der Waals surface area contributed by atoms with E-state index in [9.17, 15) is 0 Å². The van der Waals surface area contributed by atoms with Crippen LogP contribution in [0, 0.1) is 0 Å². The van der Waals surface area contributed by atoms with Crippen LogP contribution >= 0.6 is 15.9 Å². The van der Waals surface area contributed by atoms with Gasteiger partial charge in [0.2, 0.25) is 0 Å². The molecule has 0 bridgehead atoms. The topological polar surface area (TPSA) is 18.5 Å². The second kappa shape index (κ2) is 5.66. The summed E-state index contributed by atoms with van der Waals surface area (Å²) in [5.74, 6) is 2.23. The van der Waals surface area contributed by atoms with Crippen molar-refractivity contribution in [2.45, 2.75) is 11.2 Å². The maximum absolute atomic E-state index is 5.89. The van der Waals surface area contributed by atoms with Crippen LogP contribution in [0.2, 0.25) is 0 Å². The fourth-order valence-electron chi connectivity index (χ4n) is 2.28. The molecular weight excluding hydrogens is 304 g/mol. The average Bonchev–Trinajstić information content (AvgIpc) is 2.89. The van der Waals surface area contributed by atoms with Crippen LogP contribution in [0.4, 0.5) is 0 Å². The maximum atomic E-state index is 5.89. The van der Waals surface area contributed by atoms with Crippen LogP contribution in [0.1, 0.15) is 17.0 Å². The standard InChI is InChI=1S/C16H15BrO2/c17-9-12-4-3-5-14(8-12)18-10-13-11-19-16-7-2-1-6-15(13)16/h1-8,13H,9-11H2. The van der Waals surface area contributed by atoms with E-state index >= 15 is 0 Å². The molecule has 0 spiro atoms. The van der Waals surface area contributed by atoms with Gasteiger partial charge in [0, 0.05) is 10.9 Å². The Labute approximate surface area is 121 Å². The van der Waals surface area contributed by atoms with E-state index < -0.39 is 0 Å². The van der Waals surface area contributed by atoms with Crippen molar-refractivity contribution in [2.75, 3.05) is 13.2 Å². The fourth-order valence-corrected chi connectivity index (χ4v) is 2.63. The van der Waals surface area contributed by atoms with Crippen molar-refractivity contribution in [2.24, 2.45) is 0 Å². The van der Waals surface area contributed by atoms with Gasteiger partial charge in [0.1, 0.15) is 11.5 Å². The summed E-state index contributed by atoms with van der Waals surface area (Å²) in [6.45, 7) is 1.36. The molecule has 0 aromatic heterocycles. The van der Waals surface area contributed by atoms with E-state index in [1.807, 2.05) is 30.3 Å². The zero-order valence-electron chi connectivity index (χ0n) is 10.5. The zero-order valence-corrected chi connectivity index (χ0v) is 12.1. The van der Waals surface area contributed by atoms with E-state index in [0.29, 0.717) is 19.1 Å². The minimum Gasteiger partial charge on any atom is -0.493 e. The van der Waals surface area contributed by atoms with Gasteiger partial charge in [0.05, 0.1) is 19.1 Å². The molecule has 0 aliphatic carbocycles. The van der Waals surface area contributed by atoms with Crippen molar-refractivity contribution < 1.29 is 9.47 Å². The van der Waals surface area contributed by atoms with Crippen molar-refractivity contribution >= 4 is 15.9 Å². The number of ether oxygens (including phenoxy) is 2. The number of alkyl halides is 1. The molecule has 1 atom stereocenters. The molecule has 3 heteroatoms. The second-order valence-electron chi connectivity index (χ2n) is 4.64. The van der Waals surface area contributed by atoms with E-state index in [0.717, 1.165) is 16.8 Å². The lowest BCUT2D eigenvalue weighted by molar-refractivity contribution is 0.248. The average molecular weight is 319 g/mol. The van der Waals surface area contributed by atoms with Crippen molar-refractivity contribution in [3.63, 3.8) is 0 Å². The molecule has 0 amide bonds. The predicted molar refractivity (Wildman–Crippen MR) is 79.2 cm³/mol. The van der Waals surface area contributed by atoms with Crippen molar-refractivity contribution in [1.29, 1.82) is 0 Å². The van der Waals surface area contributed by atoms with Gasteiger partial charge in [-0.1, -0.05) is 46.3 Å². The van der Waals surface area contributed by atoms with Gasteiger partial charge < -0.3 is 9.47 Å². The molecule has 1 unspecified atom stereocenters. The molecule has 1 aliphatic rings. The molecular formula is C16H15BrO2. The molecule has 98 valence electrons. The summed E-state index contributed by atoms with van der Waals surface area (Å²) >= 11 is 3.45. The molecule has 2 aromatic rings. The lowest BCUT2D eigenvalue weighted by Crippen LogP contribution is -2.11. The number of hydrogen-bond donors (Lipinski definition) is 0. The molecule has 2 aromatic carbocycles. The second-order valence-corrected chi connectivity index (χ2v) is 5.20. The normalized spacial score (nSPS) is 16.8. The van der Waals surface area contributed by atoms with Crippen LogP contribution in [0.15, 0.2) is 48.5 Å². The van der Waals surface area contributed by atoms with E-state index in [-0.39, 0.29) is 0 Å². The van der Waals surface area contributed by atoms with E-state index in [4.69, 9.17) is 9.47 Å². The molecule has 0 N–H and O–H groups in total. The predicted octanol–water partition coefficient (Wildman–Crippen LogP) is 4.14. The van der Waals surface area contributed by atoms with E-state index in [1.54, 1.807) is 0 Å². The Morgan fingerprint density at radius 3 is 2.95 bits per heavy atom. The Balaban J connectivity index is 1.67. The van der Waals surface area contributed by atoms with Gasteiger partial charge in [0.15, 0.2) is 0 Å². The van der Waals surface area contributed by atoms with Gasteiger partial charge >= 0.3 is 0 Å². The van der Waals surface area contributed by atoms with Crippen LogP contribution in [-0.4, -0.2) is 13.2 Å². The summed E-state index contributed by atoms with van der Waals surface area (Å²) in [7, 11) is 0. The van der Waals surface area contributed by atoms with Gasteiger partial charge in [-0.2, -0.15) is 0 Å². The third kappa shape index (κ3) is 2.76. The van der Waals surface area contributed by atoms with Gasteiger partial charge in [0.25, 0.3) is 0 Å². The first-order valence-corrected chi connectivity index (χ1v) is 7.48. The van der Waals surface area contributed by atoms with Crippen LogP contribution in [0.5, 0.6) is 11.5 Å².